The van der Waals surface area contributed by atoms with Gasteiger partial charge in [0.15, 0.2) is 0 Å². The molecule has 0 bridgehead atoms. The number of nitrogens with two attached hydrogens (primary N) is 1. The van der Waals surface area contributed by atoms with Gasteiger partial charge in [-0.05, 0) is 18.1 Å². The average Bonchev–Trinajstić information content (AvgIpc) is 2.32. The van der Waals surface area contributed by atoms with Gasteiger partial charge in [0, 0.05) is 12.8 Å². The van der Waals surface area contributed by atoms with Crippen LogP contribution in [-0.4, -0.2) is 15.0 Å². The SMILES string of the molecule is CCCc1nc(N)nc(Cc2ccccc2F)n1. The number of nitrogen functional groups attached to an aromatic ring is 1. The summed E-state index contributed by atoms with van der Waals surface area (Å²) in [5, 5.41) is 0. The third-order valence-corrected chi connectivity index (χ3v) is 2.53. The summed E-state index contributed by atoms with van der Waals surface area (Å²) in [4.78, 5) is 12.4. The van der Waals surface area contributed by atoms with Crippen molar-refractivity contribution in [3.63, 3.8) is 0 Å². The van der Waals surface area contributed by atoms with E-state index in [0.29, 0.717) is 23.6 Å². The van der Waals surface area contributed by atoms with Crippen molar-refractivity contribution in [1.82, 2.24) is 15.0 Å². The molecule has 5 heteroatoms. The van der Waals surface area contributed by atoms with E-state index in [1.54, 1.807) is 18.2 Å². The van der Waals surface area contributed by atoms with Crippen LogP contribution in [0.3, 0.4) is 0 Å². The van der Waals surface area contributed by atoms with E-state index in [4.69, 9.17) is 5.73 Å². The van der Waals surface area contributed by atoms with Crippen molar-refractivity contribution in [3.05, 3.63) is 47.3 Å². The minimum absolute atomic E-state index is 0.194. The van der Waals surface area contributed by atoms with Crippen LogP contribution in [0.1, 0.15) is 30.6 Å². The van der Waals surface area contributed by atoms with Crippen molar-refractivity contribution in [2.75, 3.05) is 5.73 Å². The molecule has 0 aliphatic carbocycles. The van der Waals surface area contributed by atoms with Gasteiger partial charge in [0.2, 0.25) is 5.95 Å². The number of benzene rings is 1. The largest absolute Gasteiger partial charge is 0.368 e. The lowest BCUT2D eigenvalue weighted by atomic mass is 10.1. The number of hydrogen-bond donors (Lipinski definition) is 1. The summed E-state index contributed by atoms with van der Waals surface area (Å²) in [7, 11) is 0. The van der Waals surface area contributed by atoms with E-state index < -0.39 is 0 Å². The second-order valence-corrected chi connectivity index (χ2v) is 4.04. The van der Waals surface area contributed by atoms with Crippen LogP contribution in [0.2, 0.25) is 0 Å². The maximum Gasteiger partial charge on any atom is 0.223 e. The summed E-state index contributed by atoms with van der Waals surface area (Å²) in [6.45, 7) is 2.04. The molecule has 0 fully saturated rings. The number of nitrogens with zero attached hydrogens (tertiary/aromatic N) is 3. The van der Waals surface area contributed by atoms with Gasteiger partial charge >= 0.3 is 0 Å². The van der Waals surface area contributed by atoms with Crippen LogP contribution in [0, 0.1) is 5.82 Å². The summed E-state index contributed by atoms with van der Waals surface area (Å²) in [5.41, 5.74) is 6.19. The van der Waals surface area contributed by atoms with Crippen LogP contribution in [0.4, 0.5) is 10.3 Å². The highest BCUT2D eigenvalue weighted by Gasteiger charge is 2.07. The molecule has 0 aliphatic rings. The van der Waals surface area contributed by atoms with Gasteiger partial charge in [-0.2, -0.15) is 9.97 Å². The molecule has 0 saturated carbocycles. The lowest BCUT2D eigenvalue weighted by molar-refractivity contribution is 0.611. The number of hydrogen-bond acceptors (Lipinski definition) is 4. The summed E-state index contributed by atoms with van der Waals surface area (Å²) < 4.78 is 13.5. The maximum absolute atomic E-state index is 13.5. The lowest BCUT2D eigenvalue weighted by Gasteiger charge is -2.05. The molecule has 4 nitrogen and oxygen atoms in total. The Balaban J connectivity index is 2.26. The minimum atomic E-state index is -0.256. The van der Waals surface area contributed by atoms with Crippen molar-refractivity contribution in [2.24, 2.45) is 0 Å². The van der Waals surface area contributed by atoms with Gasteiger partial charge in [0.25, 0.3) is 0 Å². The molecule has 2 aromatic rings. The molecule has 0 unspecified atom stereocenters. The van der Waals surface area contributed by atoms with Crippen molar-refractivity contribution < 1.29 is 4.39 Å². The first-order valence-corrected chi connectivity index (χ1v) is 5.91. The second kappa shape index (κ2) is 5.53. The Bertz CT molecular complexity index is 542. The molecule has 1 aromatic carbocycles. The van der Waals surface area contributed by atoms with Gasteiger partial charge in [-0.15, -0.1) is 0 Å². The van der Waals surface area contributed by atoms with E-state index in [-0.39, 0.29) is 11.8 Å². The Labute approximate surface area is 105 Å². The van der Waals surface area contributed by atoms with E-state index in [1.165, 1.54) is 6.07 Å². The Hall–Kier alpha value is -2.04. The average molecular weight is 246 g/mol. The van der Waals surface area contributed by atoms with E-state index >= 15 is 0 Å². The molecule has 0 saturated heterocycles. The molecule has 2 N–H and O–H groups in total. The Morgan fingerprint density at radius 2 is 1.83 bits per heavy atom. The van der Waals surface area contributed by atoms with Crippen molar-refractivity contribution >= 4 is 5.95 Å². The van der Waals surface area contributed by atoms with E-state index in [0.717, 1.165) is 12.8 Å². The summed E-state index contributed by atoms with van der Waals surface area (Å²) in [6.07, 6.45) is 2.01. The van der Waals surface area contributed by atoms with Crippen LogP contribution in [0.5, 0.6) is 0 Å². The quantitative estimate of drug-likeness (QED) is 0.897. The van der Waals surface area contributed by atoms with Crippen molar-refractivity contribution in [3.8, 4) is 0 Å². The number of halogens is 1. The minimum Gasteiger partial charge on any atom is -0.368 e. The highest BCUT2D eigenvalue weighted by atomic mass is 19.1. The van der Waals surface area contributed by atoms with Gasteiger partial charge in [-0.3, -0.25) is 0 Å². The zero-order valence-corrected chi connectivity index (χ0v) is 10.2. The summed E-state index contributed by atoms with van der Waals surface area (Å²) in [6, 6.07) is 6.58. The van der Waals surface area contributed by atoms with Crippen molar-refractivity contribution in [1.29, 1.82) is 0 Å². The topological polar surface area (TPSA) is 64.7 Å². The Kier molecular flexibility index (Phi) is 3.82. The molecular weight excluding hydrogens is 231 g/mol. The van der Waals surface area contributed by atoms with Gasteiger partial charge in [-0.1, -0.05) is 25.1 Å². The molecule has 94 valence electrons. The van der Waals surface area contributed by atoms with Gasteiger partial charge < -0.3 is 5.73 Å². The smallest absolute Gasteiger partial charge is 0.223 e. The molecule has 0 atom stereocenters. The Morgan fingerprint density at radius 3 is 2.56 bits per heavy atom. The van der Waals surface area contributed by atoms with Crippen LogP contribution in [-0.2, 0) is 12.8 Å². The third kappa shape index (κ3) is 3.00. The van der Waals surface area contributed by atoms with E-state index in [1.807, 2.05) is 6.92 Å². The number of aromatic nitrogens is 3. The normalized spacial score (nSPS) is 10.6. The predicted molar refractivity (Wildman–Crippen MR) is 67.4 cm³/mol. The first kappa shape index (κ1) is 12.4. The monoisotopic (exact) mass is 246 g/mol. The molecular formula is C13H15FN4. The van der Waals surface area contributed by atoms with Crippen LogP contribution >= 0.6 is 0 Å². The maximum atomic E-state index is 13.5. The van der Waals surface area contributed by atoms with Crippen LogP contribution < -0.4 is 5.73 Å². The highest BCUT2D eigenvalue weighted by molar-refractivity contribution is 5.23. The fourth-order valence-corrected chi connectivity index (χ4v) is 1.71. The molecule has 0 aliphatic heterocycles. The standard InChI is InChI=1S/C13H15FN4/c1-2-5-11-16-12(18-13(15)17-11)8-9-6-3-4-7-10(9)14/h3-4,6-7H,2,5,8H2,1H3,(H2,15,16,17,18). The van der Waals surface area contributed by atoms with E-state index in [9.17, 15) is 4.39 Å². The second-order valence-electron chi connectivity index (χ2n) is 4.04. The fraction of sp³-hybridized carbons (Fsp3) is 0.308. The number of aryl methyl sites for hydroxylation is 1. The zero-order chi connectivity index (χ0) is 13.0. The molecule has 0 spiro atoms. The first-order chi connectivity index (χ1) is 8.69. The molecule has 2 rings (SSSR count). The number of anilines is 1. The summed E-state index contributed by atoms with van der Waals surface area (Å²) in [5.74, 6) is 1.11. The van der Waals surface area contributed by atoms with Crippen LogP contribution in [0.25, 0.3) is 0 Å². The zero-order valence-electron chi connectivity index (χ0n) is 10.2. The third-order valence-electron chi connectivity index (χ3n) is 2.53. The highest BCUT2D eigenvalue weighted by Crippen LogP contribution is 2.11. The van der Waals surface area contributed by atoms with Crippen molar-refractivity contribution in [2.45, 2.75) is 26.2 Å². The first-order valence-electron chi connectivity index (χ1n) is 5.91. The summed E-state index contributed by atoms with van der Waals surface area (Å²) >= 11 is 0. The molecule has 18 heavy (non-hydrogen) atoms. The molecule has 0 radical (unpaired) electrons. The van der Waals surface area contributed by atoms with Gasteiger partial charge in [0.1, 0.15) is 17.5 Å². The lowest BCUT2D eigenvalue weighted by Crippen LogP contribution is -2.08. The van der Waals surface area contributed by atoms with Gasteiger partial charge in [0.05, 0.1) is 0 Å². The number of rotatable bonds is 4. The predicted octanol–water partition coefficient (Wildman–Crippen LogP) is 2.14. The van der Waals surface area contributed by atoms with Crippen LogP contribution in [0.15, 0.2) is 24.3 Å². The molecule has 1 aromatic heterocycles. The van der Waals surface area contributed by atoms with E-state index in [2.05, 4.69) is 15.0 Å². The molecule has 1 heterocycles. The fourth-order valence-electron chi connectivity index (χ4n) is 1.71. The van der Waals surface area contributed by atoms with Gasteiger partial charge in [-0.25, -0.2) is 9.37 Å². The Morgan fingerprint density at radius 1 is 1.11 bits per heavy atom. The molecule has 0 amide bonds.